The fourth-order valence-corrected chi connectivity index (χ4v) is 2.33. The summed E-state index contributed by atoms with van der Waals surface area (Å²) in [4.78, 5) is 11.7. The van der Waals surface area contributed by atoms with Gasteiger partial charge in [0.1, 0.15) is 5.60 Å². The maximum Gasteiger partial charge on any atom is 0.407 e. The third kappa shape index (κ3) is 7.14. The van der Waals surface area contributed by atoms with E-state index in [4.69, 9.17) is 16.3 Å². The zero-order valence-corrected chi connectivity index (χ0v) is 14.8. The Bertz CT molecular complexity index is 486. The van der Waals surface area contributed by atoms with Crippen LogP contribution in [0.4, 0.5) is 4.79 Å². The number of carbonyl (C=O) groups is 1. The Labute approximate surface area is 138 Å². The van der Waals surface area contributed by atoms with Crippen LogP contribution in [0.1, 0.15) is 52.6 Å². The summed E-state index contributed by atoms with van der Waals surface area (Å²) in [7, 11) is 0. The standard InChI is InChI=1S/C17H27ClN2O2/c1-12(20-16(21)22-17(3,4)5)10-11-19-13(2)14-8-6-7-9-15(14)18/h6-9,12-13,19H,10-11H2,1-5H3,(H,20,21). The van der Waals surface area contributed by atoms with Crippen molar-refractivity contribution in [3.8, 4) is 0 Å². The van der Waals surface area contributed by atoms with Crippen molar-refractivity contribution < 1.29 is 9.53 Å². The Hall–Kier alpha value is -1.26. The summed E-state index contributed by atoms with van der Waals surface area (Å²) in [5.41, 5.74) is 0.609. The van der Waals surface area contributed by atoms with E-state index in [0.29, 0.717) is 0 Å². The fraction of sp³-hybridized carbons (Fsp3) is 0.588. The molecule has 2 atom stereocenters. The number of hydrogen-bond donors (Lipinski definition) is 2. The van der Waals surface area contributed by atoms with Gasteiger partial charge in [-0.25, -0.2) is 4.79 Å². The van der Waals surface area contributed by atoms with Crippen molar-refractivity contribution in [3.05, 3.63) is 34.9 Å². The lowest BCUT2D eigenvalue weighted by Gasteiger charge is -2.22. The van der Waals surface area contributed by atoms with Gasteiger partial charge < -0.3 is 15.4 Å². The van der Waals surface area contributed by atoms with Gasteiger partial charge in [-0.2, -0.15) is 0 Å². The fourth-order valence-electron chi connectivity index (χ4n) is 2.03. The molecule has 0 saturated heterocycles. The maximum absolute atomic E-state index is 11.7. The van der Waals surface area contributed by atoms with Crippen molar-refractivity contribution in [2.75, 3.05) is 6.54 Å². The van der Waals surface area contributed by atoms with E-state index in [1.54, 1.807) is 0 Å². The minimum absolute atomic E-state index is 0.0424. The van der Waals surface area contributed by atoms with Crippen molar-refractivity contribution in [2.45, 2.75) is 58.7 Å². The van der Waals surface area contributed by atoms with E-state index in [1.807, 2.05) is 52.0 Å². The van der Waals surface area contributed by atoms with Crippen molar-refractivity contribution >= 4 is 17.7 Å². The summed E-state index contributed by atoms with van der Waals surface area (Å²) in [5.74, 6) is 0. The Morgan fingerprint density at radius 1 is 1.27 bits per heavy atom. The van der Waals surface area contributed by atoms with Gasteiger partial charge >= 0.3 is 6.09 Å². The highest BCUT2D eigenvalue weighted by Crippen LogP contribution is 2.21. The monoisotopic (exact) mass is 326 g/mol. The van der Waals surface area contributed by atoms with E-state index in [1.165, 1.54) is 0 Å². The number of carbonyl (C=O) groups excluding carboxylic acids is 1. The minimum Gasteiger partial charge on any atom is -0.444 e. The highest BCUT2D eigenvalue weighted by molar-refractivity contribution is 6.31. The molecule has 4 nitrogen and oxygen atoms in total. The van der Waals surface area contributed by atoms with E-state index in [9.17, 15) is 4.79 Å². The SMILES string of the molecule is CC(CCNC(C)c1ccccc1Cl)NC(=O)OC(C)(C)C. The van der Waals surface area contributed by atoms with Gasteiger partial charge in [0.15, 0.2) is 0 Å². The van der Waals surface area contributed by atoms with E-state index in [0.717, 1.165) is 23.6 Å². The average molecular weight is 327 g/mol. The molecule has 1 rings (SSSR count). The zero-order valence-electron chi connectivity index (χ0n) is 14.1. The van der Waals surface area contributed by atoms with Crippen molar-refractivity contribution in [1.29, 1.82) is 0 Å². The summed E-state index contributed by atoms with van der Waals surface area (Å²) >= 11 is 6.18. The predicted molar refractivity (Wildman–Crippen MR) is 91.3 cm³/mol. The molecule has 1 aromatic rings. The quantitative estimate of drug-likeness (QED) is 0.819. The number of rotatable bonds is 6. The van der Waals surface area contributed by atoms with Gasteiger partial charge in [0.25, 0.3) is 0 Å². The van der Waals surface area contributed by atoms with E-state index < -0.39 is 5.60 Å². The second kappa shape index (κ2) is 8.39. The summed E-state index contributed by atoms with van der Waals surface area (Å²) in [5, 5.41) is 7.02. The minimum atomic E-state index is -0.472. The smallest absolute Gasteiger partial charge is 0.407 e. The molecule has 124 valence electrons. The molecule has 0 aliphatic heterocycles. The third-order valence-corrected chi connectivity index (χ3v) is 3.51. The molecule has 0 aliphatic carbocycles. The van der Waals surface area contributed by atoms with E-state index in [-0.39, 0.29) is 18.2 Å². The van der Waals surface area contributed by atoms with Crippen LogP contribution in [0.25, 0.3) is 0 Å². The number of ether oxygens (including phenoxy) is 1. The molecule has 0 spiro atoms. The molecule has 0 bridgehead atoms. The molecular weight excluding hydrogens is 300 g/mol. The molecule has 2 unspecified atom stereocenters. The van der Waals surface area contributed by atoms with Crippen molar-refractivity contribution in [1.82, 2.24) is 10.6 Å². The van der Waals surface area contributed by atoms with Crippen LogP contribution in [-0.2, 0) is 4.74 Å². The number of halogens is 1. The molecule has 0 heterocycles. The molecule has 1 amide bonds. The lowest BCUT2D eigenvalue weighted by atomic mass is 10.1. The molecule has 0 radical (unpaired) electrons. The number of hydrogen-bond acceptors (Lipinski definition) is 3. The average Bonchev–Trinajstić information content (AvgIpc) is 2.36. The second-order valence-electron chi connectivity index (χ2n) is 6.53. The molecule has 0 aliphatic rings. The van der Waals surface area contributed by atoms with Gasteiger partial charge in [-0.1, -0.05) is 29.8 Å². The highest BCUT2D eigenvalue weighted by atomic mass is 35.5. The molecule has 0 fully saturated rings. The second-order valence-corrected chi connectivity index (χ2v) is 6.94. The predicted octanol–water partition coefficient (Wildman–Crippen LogP) is 4.29. The third-order valence-electron chi connectivity index (χ3n) is 3.16. The lowest BCUT2D eigenvalue weighted by molar-refractivity contribution is 0.0506. The topological polar surface area (TPSA) is 50.4 Å². The van der Waals surface area contributed by atoms with E-state index >= 15 is 0 Å². The Kier molecular flexibility index (Phi) is 7.17. The van der Waals surface area contributed by atoms with Crippen LogP contribution >= 0.6 is 11.6 Å². The summed E-state index contributed by atoms with van der Waals surface area (Å²) in [6.07, 6.45) is 0.438. The van der Waals surface area contributed by atoms with Crippen LogP contribution < -0.4 is 10.6 Å². The molecule has 0 saturated carbocycles. The largest absolute Gasteiger partial charge is 0.444 e. The summed E-state index contributed by atoms with van der Waals surface area (Å²) < 4.78 is 5.23. The first-order valence-corrected chi connectivity index (χ1v) is 8.04. The molecule has 5 heteroatoms. The lowest BCUT2D eigenvalue weighted by Crippen LogP contribution is -2.39. The van der Waals surface area contributed by atoms with Crippen molar-refractivity contribution in [3.63, 3.8) is 0 Å². The van der Waals surface area contributed by atoms with E-state index in [2.05, 4.69) is 17.6 Å². The first kappa shape index (κ1) is 18.8. The molecule has 22 heavy (non-hydrogen) atoms. The summed E-state index contributed by atoms with van der Waals surface area (Å²) in [6.45, 7) is 10.4. The number of amides is 1. The van der Waals surface area contributed by atoms with Gasteiger partial charge in [0.2, 0.25) is 0 Å². The Balaban J connectivity index is 2.32. The molecule has 1 aromatic carbocycles. The van der Waals surface area contributed by atoms with Crippen LogP contribution in [0.15, 0.2) is 24.3 Å². The van der Waals surface area contributed by atoms with Crippen LogP contribution in [0.2, 0.25) is 5.02 Å². The molecule has 0 aromatic heterocycles. The van der Waals surface area contributed by atoms with Gasteiger partial charge in [-0.05, 0) is 59.2 Å². The van der Waals surface area contributed by atoms with Gasteiger partial charge in [0.05, 0.1) is 0 Å². The number of benzene rings is 1. The van der Waals surface area contributed by atoms with Crippen LogP contribution in [0.3, 0.4) is 0 Å². The maximum atomic E-state index is 11.7. The van der Waals surface area contributed by atoms with Gasteiger partial charge in [0, 0.05) is 17.1 Å². The Morgan fingerprint density at radius 3 is 2.50 bits per heavy atom. The highest BCUT2D eigenvalue weighted by Gasteiger charge is 2.17. The molecule has 2 N–H and O–H groups in total. The zero-order chi connectivity index (χ0) is 16.8. The van der Waals surface area contributed by atoms with Crippen LogP contribution in [-0.4, -0.2) is 24.3 Å². The van der Waals surface area contributed by atoms with Gasteiger partial charge in [-0.3, -0.25) is 0 Å². The number of alkyl carbamates (subject to hydrolysis) is 1. The van der Waals surface area contributed by atoms with Gasteiger partial charge in [-0.15, -0.1) is 0 Å². The normalized spacial score (nSPS) is 14.3. The van der Waals surface area contributed by atoms with Crippen LogP contribution in [0.5, 0.6) is 0 Å². The van der Waals surface area contributed by atoms with Crippen molar-refractivity contribution in [2.24, 2.45) is 0 Å². The number of nitrogens with one attached hydrogen (secondary N) is 2. The molecular formula is C17H27ClN2O2. The Morgan fingerprint density at radius 2 is 1.91 bits per heavy atom. The first-order chi connectivity index (χ1) is 10.2. The first-order valence-electron chi connectivity index (χ1n) is 7.66. The summed E-state index contributed by atoms with van der Waals surface area (Å²) in [6, 6.07) is 8.02. The van der Waals surface area contributed by atoms with Crippen LogP contribution in [0, 0.1) is 0 Å².